The third kappa shape index (κ3) is 23.1. The lowest BCUT2D eigenvalue weighted by Gasteiger charge is -2.31. The van der Waals surface area contributed by atoms with Crippen molar-refractivity contribution < 1.29 is 68.1 Å². The van der Waals surface area contributed by atoms with Gasteiger partial charge in [0.2, 0.25) is 59.1 Å². The van der Waals surface area contributed by atoms with Gasteiger partial charge in [0.1, 0.15) is 60.1 Å². The number of aromatic hydroxyl groups is 1. The van der Waals surface area contributed by atoms with E-state index in [9.17, 15) is 58.2 Å². The number of phenolic OH excluding ortho intramolecular Hbond substituents is 1. The maximum atomic E-state index is 14.7. The van der Waals surface area contributed by atoms with Crippen molar-refractivity contribution in [1.82, 2.24) is 67.7 Å². The lowest BCUT2D eigenvalue weighted by molar-refractivity contribution is -0.142. The van der Waals surface area contributed by atoms with Crippen LogP contribution < -0.4 is 59.3 Å². The van der Waals surface area contributed by atoms with E-state index in [-0.39, 0.29) is 106 Å². The highest BCUT2D eigenvalue weighted by Crippen LogP contribution is 2.22. The molecule has 2 aliphatic rings. The van der Waals surface area contributed by atoms with E-state index in [1.165, 1.54) is 41.7 Å². The third-order valence-corrected chi connectivity index (χ3v) is 14.9. The number of likely N-dealkylation sites (tertiary alicyclic amines) is 1. The summed E-state index contributed by atoms with van der Waals surface area (Å²) < 4.78 is 0. The normalized spacial score (nSPS) is 16.7. The molecule has 6 rings (SSSR count). The Labute approximate surface area is 526 Å². The minimum absolute atomic E-state index is 0.0397. The van der Waals surface area contributed by atoms with Crippen LogP contribution in [0.4, 0.5) is 0 Å². The number of likely N-dealkylation sites (N-methyl/N-ethyl adjacent to an activating group) is 1. The highest BCUT2D eigenvalue weighted by atomic mass is 16.4. The molecule has 0 aliphatic carbocycles. The number of carboxylic acids is 1. The first kappa shape index (κ1) is 72.1. The van der Waals surface area contributed by atoms with Crippen molar-refractivity contribution in [2.24, 2.45) is 28.3 Å². The molecule has 30 nitrogen and oxygen atoms in total. The molecule has 496 valence electrons. The number of H-pyrrole nitrogens is 2. The summed E-state index contributed by atoms with van der Waals surface area (Å²) in [4.78, 5) is 164. The van der Waals surface area contributed by atoms with E-state index in [1.54, 1.807) is 45.2 Å². The van der Waals surface area contributed by atoms with Crippen LogP contribution in [0.25, 0.3) is 10.9 Å². The first-order valence-electron chi connectivity index (χ1n) is 30.4. The van der Waals surface area contributed by atoms with Crippen LogP contribution in [-0.2, 0) is 72.0 Å². The van der Waals surface area contributed by atoms with Crippen molar-refractivity contribution in [3.05, 3.63) is 84.1 Å². The predicted molar refractivity (Wildman–Crippen MR) is 333 cm³/mol. The number of carboxylic acid groups (broad SMARTS) is 1. The number of aromatic amines is 2. The maximum absolute atomic E-state index is 14.7. The predicted octanol–water partition coefficient (Wildman–Crippen LogP) is -1.35. The largest absolute Gasteiger partial charge is 0.508 e. The molecule has 0 radical (unpaired) electrons. The second kappa shape index (κ2) is 35.5. The van der Waals surface area contributed by atoms with E-state index < -0.39 is 114 Å². The molecule has 2 saturated heterocycles. The van der Waals surface area contributed by atoms with Crippen LogP contribution in [0.1, 0.15) is 110 Å². The Hall–Kier alpha value is -9.61. The highest BCUT2D eigenvalue weighted by molar-refractivity contribution is 5.99. The number of aliphatic hydroxyl groups excluding tert-OH is 1. The summed E-state index contributed by atoms with van der Waals surface area (Å²) in [5, 5.41) is 53.3. The number of nitrogens with zero attached hydrogens (tertiary/aromatic N) is 3. The number of nitrogens with one attached hydrogen (secondary N) is 11. The molecule has 4 heterocycles. The molecule has 91 heavy (non-hydrogen) atoms. The summed E-state index contributed by atoms with van der Waals surface area (Å²) in [6.07, 6.45) is 5.80. The monoisotopic (exact) mass is 1270 g/mol. The third-order valence-electron chi connectivity index (χ3n) is 14.9. The average Bonchev–Trinajstić information content (AvgIpc) is 2.04. The van der Waals surface area contributed by atoms with Gasteiger partial charge in [0.05, 0.1) is 12.9 Å². The van der Waals surface area contributed by atoms with Crippen molar-refractivity contribution in [1.29, 1.82) is 0 Å². The van der Waals surface area contributed by atoms with Gasteiger partial charge in [-0.1, -0.05) is 58.0 Å². The number of nitrogens with two attached hydrogens (primary N) is 2. The van der Waals surface area contributed by atoms with Gasteiger partial charge in [-0.25, -0.2) is 4.98 Å². The molecule has 0 saturated carbocycles. The minimum Gasteiger partial charge on any atom is -0.508 e. The van der Waals surface area contributed by atoms with Gasteiger partial charge < -0.3 is 89.5 Å². The number of hydrogen-bond acceptors (Lipinski definition) is 15. The van der Waals surface area contributed by atoms with E-state index in [0.29, 0.717) is 41.6 Å². The summed E-state index contributed by atoms with van der Waals surface area (Å²) >= 11 is 0. The summed E-state index contributed by atoms with van der Waals surface area (Å²) in [5.74, 6) is -8.39. The molecule has 9 atom stereocenters. The number of carbonyl (C=O) groups excluding carboxylic acids is 10. The first-order chi connectivity index (χ1) is 43.3. The fourth-order valence-corrected chi connectivity index (χ4v) is 10.5. The molecule has 0 spiro atoms. The molecule has 0 bridgehead atoms. The molecule has 30 heteroatoms. The molecule has 4 aromatic rings. The number of amides is 10. The van der Waals surface area contributed by atoms with E-state index in [0.717, 1.165) is 12.4 Å². The van der Waals surface area contributed by atoms with Crippen molar-refractivity contribution in [3.8, 4) is 5.75 Å². The maximum Gasteiger partial charge on any atom is 0.300 e. The Morgan fingerprint density at radius 3 is 1.80 bits per heavy atom. The van der Waals surface area contributed by atoms with E-state index in [2.05, 4.69) is 67.8 Å². The number of aromatic nitrogens is 3. The van der Waals surface area contributed by atoms with Gasteiger partial charge in [-0.15, -0.1) is 0 Å². The van der Waals surface area contributed by atoms with Crippen LogP contribution in [0.3, 0.4) is 0 Å². The van der Waals surface area contributed by atoms with Gasteiger partial charge in [0.15, 0.2) is 5.96 Å². The van der Waals surface area contributed by atoms with Crippen LogP contribution >= 0.6 is 0 Å². The quantitative estimate of drug-likeness (QED) is 0.0153. The molecular weight excluding hydrogens is 1180 g/mol. The SMILES string of the molecule is CC(=O)O.CCNC(=O)[C@@H]1CCCN1C(=O)[C@H](CCCN=C(N)N)NC(=O)[C@H](CC(C)C)NC(=O)[C@@H](CC(C)C)NC(=O)[C@H](Cc1ccc(O)cc1)NC(=O)[C@@H](CO)NC(=O)[C@H](Cc1c[nH]c2ccccc12)NC(=O)[C@H](Cc1cnc[nH]1)NC(=O)[C@@H]1CCC(=O)N1. The average molecular weight is 1270 g/mol. The Bertz CT molecular complexity index is 3160. The van der Waals surface area contributed by atoms with Gasteiger partial charge in [0, 0.05) is 81.2 Å². The van der Waals surface area contributed by atoms with Gasteiger partial charge >= 0.3 is 0 Å². The standard InChI is InChI=1S/C59H84N16O12.C2H4O2/c1-6-63-57(86)48-14-10-22-75(48)58(87)41(13-9-21-64-59(60)61)68-51(80)42(23-32(2)3)69-52(81)43(24-33(4)5)70-53(82)44(25-34-15-17-37(77)18-16-34)71-56(85)47(30-76)74-54(83)45(26-35-28-65-39-12-8-7-11-38(35)39)72-55(84)46(27-36-29-62-31-66-36)73-50(79)40-19-20-49(78)67-40;1-2(3)4/h7-8,11-12,15-18,28-29,31-33,40-48,65,76-77H,6,9-10,13-14,19-27,30H2,1-5H3,(H,62,66)(H,63,86)(H,67,78)(H,68,80)(H,69,81)(H,70,82)(H,71,85)(H,72,84)(H,73,79)(H,74,83)(H4,60,61,64);1H3,(H,3,4)/t40-,41-,42-,43+,44-,45-,46-,47+,48-;/m0./s1. The summed E-state index contributed by atoms with van der Waals surface area (Å²) in [5.41, 5.74) is 13.3. The Morgan fingerprint density at radius 1 is 0.703 bits per heavy atom. The zero-order chi connectivity index (χ0) is 66.9. The van der Waals surface area contributed by atoms with Gasteiger partial charge in [-0.05, 0) is 93.0 Å². The van der Waals surface area contributed by atoms with Crippen molar-refractivity contribution in [3.63, 3.8) is 0 Å². The zero-order valence-electron chi connectivity index (χ0n) is 52.1. The van der Waals surface area contributed by atoms with Crippen molar-refractivity contribution in [2.75, 3.05) is 26.2 Å². The molecular formula is C61H88N16O14. The second-order valence-corrected chi connectivity index (χ2v) is 23.3. The Morgan fingerprint density at radius 2 is 1.25 bits per heavy atom. The number of imidazole rings is 1. The highest BCUT2D eigenvalue weighted by Gasteiger charge is 2.40. The minimum atomic E-state index is -1.75. The summed E-state index contributed by atoms with van der Waals surface area (Å²) in [7, 11) is 0. The summed E-state index contributed by atoms with van der Waals surface area (Å²) in [6.45, 7) is 9.91. The molecule has 0 unspecified atom stereocenters. The number of para-hydroxylation sites is 1. The summed E-state index contributed by atoms with van der Waals surface area (Å²) in [6, 6.07) is 1.58. The lowest BCUT2D eigenvalue weighted by atomic mass is 9.98. The number of phenols is 1. The molecule has 10 amide bonds. The molecule has 2 aliphatic heterocycles. The van der Waals surface area contributed by atoms with Gasteiger partial charge in [0.25, 0.3) is 5.97 Å². The van der Waals surface area contributed by atoms with Gasteiger partial charge in [-0.2, -0.15) is 0 Å². The number of rotatable bonds is 32. The van der Waals surface area contributed by atoms with Crippen LogP contribution in [0.2, 0.25) is 0 Å². The number of aliphatic imine (C=N–C) groups is 1. The van der Waals surface area contributed by atoms with E-state index in [1.807, 2.05) is 19.9 Å². The number of aliphatic hydroxyl groups is 1. The van der Waals surface area contributed by atoms with Crippen LogP contribution in [-0.4, -0.2) is 187 Å². The fraction of sp³-hybridized carbons (Fsp3) is 0.525. The topological polar surface area (TPSA) is 469 Å². The number of hydrogen-bond donors (Lipinski definition) is 16. The Kier molecular flexibility index (Phi) is 28.2. The molecule has 18 N–H and O–H groups in total. The fourth-order valence-electron chi connectivity index (χ4n) is 10.5. The number of carbonyl (C=O) groups is 11. The number of guanidine groups is 1. The Balaban J connectivity index is 0.00000365. The molecule has 2 fully saturated rings. The first-order valence-corrected chi connectivity index (χ1v) is 30.4. The second-order valence-electron chi connectivity index (χ2n) is 23.3. The van der Waals surface area contributed by atoms with Crippen LogP contribution in [0, 0.1) is 11.8 Å². The molecule has 2 aromatic carbocycles. The number of aliphatic carboxylic acids is 1. The van der Waals surface area contributed by atoms with E-state index in [4.69, 9.17) is 21.4 Å². The number of fused-ring (bicyclic) bond motifs is 1. The van der Waals surface area contributed by atoms with Crippen molar-refractivity contribution >= 4 is 81.9 Å². The number of benzene rings is 2. The molecule has 2 aromatic heterocycles. The van der Waals surface area contributed by atoms with Crippen molar-refractivity contribution in [2.45, 2.75) is 167 Å². The van der Waals surface area contributed by atoms with Crippen LogP contribution in [0.5, 0.6) is 5.75 Å². The zero-order valence-corrected chi connectivity index (χ0v) is 52.1. The van der Waals surface area contributed by atoms with E-state index >= 15 is 0 Å². The van der Waals surface area contributed by atoms with Crippen LogP contribution in [0.15, 0.2) is 72.2 Å². The lowest BCUT2D eigenvalue weighted by Crippen LogP contribution is -2.61. The smallest absolute Gasteiger partial charge is 0.300 e. The van der Waals surface area contributed by atoms with Gasteiger partial charge in [-0.3, -0.25) is 57.7 Å².